The summed E-state index contributed by atoms with van der Waals surface area (Å²) < 4.78 is 40.2. The van der Waals surface area contributed by atoms with E-state index in [0.717, 1.165) is 37.7 Å². The second-order valence-corrected chi connectivity index (χ2v) is 9.06. The van der Waals surface area contributed by atoms with E-state index >= 15 is 0 Å². The van der Waals surface area contributed by atoms with Crippen molar-refractivity contribution >= 4 is 22.5 Å². The highest BCUT2D eigenvalue weighted by molar-refractivity contribution is 5.94. The van der Waals surface area contributed by atoms with Gasteiger partial charge in [0.1, 0.15) is 0 Å². The van der Waals surface area contributed by atoms with Gasteiger partial charge in [-0.25, -0.2) is 0 Å². The monoisotopic (exact) mass is 464 g/mol. The van der Waals surface area contributed by atoms with Crippen LogP contribution in [-0.2, 0) is 11.0 Å². The summed E-state index contributed by atoms with van der Waals surface area (Å²) in [6.45, 7) is 9.36. The Morgan fingerprint density at radius 2 is 1.94 bits per heavy atom. The van der Waals surface area contributed by atoms with Crippen LogP contribution in [0.25, 0.3) is 10.9 Å². The quantitative estimate of drug-likeness (QED) is 0.696. The molecule has 5 nitrogen and oxygen atoms in total. The largest absolute Gasteiger partial charge is 0.418 e. The van der Waals surface area contributed by atoms with E-state index in [1.54, 1.807) is 12.1 Å². The van der Waals surface area contributed by atoms with Crippen LogP contribution in [0.3, 0.4) is 0 Å². The third-order valence-electron chi connectivity index (χ3n) is 6.55. The molecule has 0 spiro atoms. The molecule has 3 atom stereocenters. The van der Waals surface area contributed by atoms with Crippen molar-refractivity contribution in [2.24, 2.45) is 11.8 Å². The lowest BCUT2D eigenvalue weighted by atomic mass is 9.94. The number of halogens is 3. The molecular formula is C25H35F3N4O. The second kappa shape index (κ2) is 10.7. The molecule has 182 valence electrons. The summed E-state index contributed by atoms with van der Waals surface area (Å²) in [4.78, 5) is 21.0. The standard InChI is InChI=1S/C23H29F3N4O.C2H6/c1-15-12-30(14-19(15)28-21(31)11-16-5-4-10-29(2)13-16)20-8-7-18(23(24,25)26)22-17(20)6-3-9-27-22;1-2/h3,6-9,15-16,19H,4-5,10-14H2,1-2H3,(H,28,31);1-2H3. The van der Waals surface area contributed by atoms with Crippen LogP contribution in [0.15, 0.2) is 30.5 Å². The minimum absolute atomic E-state index is 0.0252. The van der Waals surface area contributed by atoms with E-state index in [1.807, 2.05) is 13.8 Å². The topological polar surface area (TPSA) is 48.5 Å². The number of piperidine rings is 1. The van der Waals surface area contributed by atoms with Gasteiger partial charge in [0.25, 0.3) is 0 Å². The molecule has 0 radical (unpaired) electrons. The zero-order valence-electron chi connectivity index (χ0n) is 20.0. The SMILES string of the molecule is CC.CC1CN(c2ccc(C(F)(F)F)c3ncccc23)CC1NC(=O)CC1CCCN(C)C1. The zero-order chi connectivity index (χ0) is 24.2. The van der Waals surface area contributed by atoms with Gasteiger partial charge in [0.05, 0.1) is 17.1 Å². The van der Waals surface area contributed by atoms with E-state index in [-0.39, 0.29) is 23.4 Å². The van der Waals surface area contributed by atoms with Crippen LogP contribution in [0.1, 0.15) is 45.6 Å². The Bertz CT molecular complexity index is 949. The first kappa shape index (κ1) is 25.3. The van der Waals surface area contributed by atoms with Crippen LogP contribution >= 0.6 is 0 Å². The smallest absolute Gasteiger partial charge is 0.369 e. The summed E-state index contributed by atoms with van der Waals surface area (Å²) in [5.74, 6) is 0.654. The highest BCUT2D eigenvalue weighted by Crippen LogP contribution is 2.38. The van der Waals surface area contributed by atoms with Crippen LogP contribution in [0.4, 0.5) is 18.9 Å². The second-order valence-electron chi connectivity index (χ2n) is 9.06. The Kier molecular flexibility index (Phi) is 8.21. The fourth-order valence-corrected chi connectivity index (χ4v) is 4.98. The lowest BCUT2D eigenvalue weighted by Crippen LogP contribution is -2.42. The number of nitrogens with zero attached hydrogens (tertiary/aromatic N) is 3. The molecule has 2 fully saturated rings. The third-order valence-corrected chi connectivity index (χ3v) is 6.55. The zero-order valence-corrected chi connectivity index (χ0v) is 20.0. The molecule has 3 heterocycles. The number of hydrogen-bond donors (Lipinski definition) is 1. The maximum Gasteiger partial charge on any atom is 0.418 e. The predicted molar refractivity (Wildman–Crippen MR) is 126 cm³/mol. The molecule has 1 aromatic heterocycles. The predicted octanol–water partition coefficient (Wildman–Crippen LogP) is 4.95. The molecule has 1 N–H and O–H groups in total. The van der Waals surface area contributed by atoms with Gasteiger partial charge in [0.15, 0.2) is 0 Å². The minimum atomic E-state index is -4.45. The van der Waals surface area contributed by atoms with Crippen LogP contribution in [0, 0.1) is 11.8 Å². The van der Waals surface area contributed by atoms with Crippen LogP contribution in [-0.4, -0.2) is 55.1 Å². The Morgan fingerprint density at radius 3 is 2.64 bits per heavy atom. The highest BCUT2D eigenvalue weighted by Gasteiger charge is 2.36. The molecule has 8 heteroatoms. The molecule has 2 saturated heterocycles. The van der Waals surface area contributed by atoms with Gasteiger partial charge >= 0.3 is 6.18 Å². The van der Waals surface area contributed by atoms with Gasteiger partial charge in [0, 0.05) is 43.3 Å². The van der Waals surface area contributed by atoms with E-state index < -0.39 is 11.7 Å². The Hall–Kier alpha value is -2.35. The molecule has 0 bridgehead atoms. The molecule has 1 amide bonds. The minimum Gasteiger partial charge on any atom is -0.369 e. The number of amides is 1. The first-order chi connectivity index (χ1) is 15.7. The molecule has 1 aromatic carbocycles. The van der Waals surface area contributed by atoms with Crippen LogP contribution in [0.2, 0.25) is 0 Å². The van der Waals surface area contributed by atoms with Crippen molar-refractivity contribution in [3.05, 3.63) is 36.0 Å². The lowest BCUT2D eigenvalue weighted by molar-refractivity contribution is -0.136. The number of aromatic nitrogens is 1. The number of hydrogen-bond acceptors (Lipinski definition) is 4. The van der Waals surface area contributed by atoms with Crippen molar-refractivity contribution < 1.29 is 18.0 Å². The summed E-state index contributed by atoms with van der Waals surface area (Å²) in [5, 5.41) is 3.67. The van der Waals surface area contributed by atoms with E-state index in [2.05, 4.69) is 34.1 Å². The average Bonchev–Trinajstić information content (AvgIpc) is 3.13. The van der Waals surface area contributed by atoms with Gasteiger partial charge in [-0.05, 0) is 62.5 Å². The fourth-order valence-electron chi connectivity index (χ4n) is 4.98. The number of nitrogens with one attached hydrogen (secondary N) is 1. The summed E-state index contributed by atoms with van der Waals surface area (Å²) >= 11 is 0. The highest BCUT2D eigenvalue weighted by atomic mass is 19.4. The van der Waals surface area contributed by atoms with Crippen LogP contribution in [0.5, 0.6) is 0 Å². The normalized spacial score (nSPS) is 23.8. The molecule has 2 aliphatic heterocycles. The molecular weight excluding hydrogens is 429 g/mol. The molecule has 3 unspecified atom stereocenters. The Labute approximate surface area is 194 Å². The number of benzene rings is 1. The first-order valence-corrected chi connectivity index (χ1v) is 11.9. The van der Waals surface area contributed by atoms with Crippen molar-refractivity contribution in [3.8, 4) is 0 Å². The summed E-state index contributed by atoms with van der Waals surface area (Å²) in [5.41, 5.74) is -0.0240. The van der Waals surface area contributed by atoms with Crippen LogP contribution < -0.4 is 10.2 Å². The van der Waals surface area contributed by atoms with Crippen molar-refractivity contribution in [3.63, 3.8) is 0 Å². The average molecular weight is 465 g/mol. The first-order valence-electron chi connectivity index (χ1n) is 11.9. The summed E-state index contributed by atoms with van der Waals surface area (Å²) in [7, 11) is 2.09. The molecule has 2 aliphatic rings. The number of anilines is 1. The van der Waals surface area contributed by atoms with Gasteiger partial charge in [-0.2, -0.15) is 13.2 Å². The number of carbonyl (C=O) groups is 1. The van der Waals surface area contributed by atoms with E-state index in [0.29, 0.717) is 30.8 Å². The third kappa shape index (κ3) is 5.96. The van der Waals surface area contributed by atoms with E-state index in [1.165, 1.54) is 12.3 Å². The maximum atomic E-state index is 13.4. The number of rotatable bonds is 4. The Morgan fingerprint density at radius 1 is 1.18 bits per heavy atom. The lowest BCUT2D eigenvalue weighted by Gasteiger charge is -2.29. The number of alkyl halides is 3. The van der Waals surface area contributed by atoms with Gasteiger partial charge in [0.2, 0.25) is 5.91 Å². The molecule has 4 rings (SSSR count). The van der Waals surface area contributed by atoms with Gasteiger partial charge < -0.3 is 15.1 Å². The van der Waals surface area contributed by atoms with Crippen molar-refractivity contribution in [2.75, 3.05) is 38.1 Å². The Balaban J connectivity index is 0.00000149. The fraction of sp³-hybridized carbons (Fsp3) is 0.600. The molecule has 33 heavy (non-hydrogen) atoms. The molecule has 0 aliphatic carbocycles. The number of fused-ring (bicyclic) bond motifs is 1. The van der Waals surface area contributed by atoms with Crippen molar-refractivity contribution in [2.45, 2.75) is 52.3 Å². The van der Waals surface area contributed by atoms with E-state index in [9.17, 15) is 18.0 Å². The molecule has 2 aromatic rings. The number of pyridine rings is 1. The maximum absolute atomic E-state index is 13.4. The van der Waals surface area contributed by atoms with Crippen molar-refractivity contribution in [1.29, 1.82) is 0 Å². The number of likely N-dealkylation sites (tertiary alicyclic amines) is 1. The number of carbonyl (C=O) groups excluding carboxylic acids is 1. The van der Waals surface area contributed by atoms with Gasteiger partial charge in [-0.1, -0.05) is 20.8 Å². The van der Waals surface area contributed by atoms with E-state index in [4.69, 9.17) is 0 Å². The van der Waals surface area contributed by atoms with Gasteiger partial charge in [-0.3, -0.25) is 9.78 Å². The summed E-state index contributed by atoms with van der Waals surface area (Å²) in [6.07, 6.45) is -0.334. The van der Waals surface area contributed by atoms with Gasteiger partial charge in [-0.15, -0.1) is 0 Å². The molecule has 0 saturated carbocycles. The van der Waals surface area contributed by atoms with Crippen molar-refractivity contribution in [1.82, 2.24) is 15.2 Å². The summed E-state index contributed by atoms with van der Waals surface area (Å²) in [6, 6.07) is 5.96.